The van der Waals surface area contributed by atoms with Crippen molar-refractivity contribution in [1.29, 1.82) is 0 Å². The summed E-state index contributed by atoms with van der Waals surface area (Å²) in [4.78, 5) is 30.5. The molecule has 2 aliphatic rings. The topological polar surface area (TPSA) is 78.0 Å². The number of sulfone groups is 1. The summed E-state index contributed by atoms with van der Waals surface area (Å²) < 4.78 is 39.3. The Morgan fingerprint density at radius 2 is 1.90 bits per heavy atom. The molecule has 0 aliphatic carbocycles. The maximum absolute atomic E-state index is 14.0. The number of carbonyl (C=O) groups is 2. The van der Waals surface area contributed by atoms with Gasteiger partial charge in [0.1, 0.15) is 12.4 Å². The van der Waals surface area contributed by atoms with E-state index >= 15 is 0 Å². The van der Waals surface area contributed by atoms with Crippen LogP contribution in [0.4, 0.5) is 14.9 Å². The lowest BCUT2D eigenvalue weighted by Gasteiger charge is -2.24. The third kappa shape index (κ3) is 4.06. The highest BCUT2D eigenvalue weighted by Gasteiger charge is 2.36. The van der Waals surface area contributed by atoms with Gasteiger partial charge in [0, 0.05) is 31.1 Å². The Labute approximate surface area is 178 Å². The van der Waals surface area contributed by atoms with Crippen molar-refractivity contribution < 1.29 is 22.4 Å². The van der Waals surface area contributed by atoms with Gasteiger partial charge >= 0.3 is 6.03 Å². The van der Waals surface area contributed by atoms with Crippen LogP contribution >= 0.6 is 11.3 Å². The van der Waals surface area contributed by atoms with Crippen LogP contribution < -0.4 is 4.90 Å². The van der Waals surface area contributed by atoms with Crippen LogP contribution in [0.25, 0.3) is 0 Å². The van der Waals surface area contributed by atoms with Gasteiger partial charge in [-0.15, -0.1) is 11.3 Å². The summed E-state index contributed by atoms with van der Waals surface area (Å²) >= 11 is 1.40. The van der Waals surface area contributed by atoms with Crippen LogP contribution in [0.5, 0.6) is 0 Å². The molecule has 2 fully saturated rings. The molecule has 1 aromatic heterocycles. The van der Waals surface area contributed by atoms with Gasteiger partial charge in [-0.2, -0.15) is 0 Å². The second kappa shape index (κ2) is 8.35. The minimum atomic E-state index is -3.35. The van der Waals surface area contributed by atoms with Crippen LogP contribution in [0.15, 0.2) is 41.8 Å². The number of carbonyl (C=O) groups excluding carboxylic acids is 2. The van der Waals surface area contributed by atoms with Crippen molar-refractivity contribution >= 4 is 38.8 Å². The predicted octanol–water partition coefficient (Wildman–Crippen LogP) is 2.52. The Morgan fingerprint density at radius 1 is 1.10 bits per heavy atom. The van der Waals surface area contributed by atoms with Gasteiger partial charge in [-0.3, -0.25) is 9.69 Å². The summed E-state index contributed by atoms with van der Waals surface area (Å²) in [7, 11) is -3.35. The zero-order valence-electron chi connectivity index (χ0n) is 16.2. The van der Waals surface area contributed by atoms with Crippen molar-refractivity contribution in [2.24, 2.45) is 0 Å². The first kappa shape index (κ1) is 20.8. The minimum absolute atomic E-state index is 0.101. The largest absolute Gasteiger partial charge is 0.340 e. The lowest BCUT2D eigenvalue weighted by atomic mass is 10.2. The van der Waals surface area contributed by atoms with Gasteiger partial charge in [0.05, 0.1) is 16.7 Å². The number of hydrogen-bond acceptors (Lipinski definition) is 5. The quantitative estimate of drug-likeness (QED) is 0.716. The highest BCUT2D eigenvalue weighted by Crippen LogP contribution is 2.32. The number of urea groups is 1. The number of benzene rings is 1. The van der Waals surface area contributed by atoms with Crippen molar-refractivity contribution in [3.05, 3.63) is 52.5 Å². The summed E-state index contributed by atoms with van der Waals surface area (Å²) in [6.45, 7) is 0.889. The van der Waals surface area contributed by atoms with Gasteiger partial charge in [-0.1, -0.05) is 18.2 Å². The fraction of sp³-hybridized carbons (Fsp3) is 0.400. The molecule has 0 N–H and O–H groups in total. The number of thiophene rings is 1. The Kier molecular flexibility index (Phi) is 5.79. The molecule has 160 valence electrons. The Hall–Kier alpha value is -2.46. The van der Waals surface area contributed by atoms with Crippen LogP contribution in [-0.2, 0) is 14.6 Å². The van der Waals surface area contributed by atoms with Crippen molar-refractivity contribution in [3.63, 3.8) is 0 Å². The summed E-state index contributed by atoms with van der Waals surface area (Å²) in [5, 5.41) is 1.25. The van der Waals surface area contributed by atoms with E-state index in [1.165, 1.54) is 38.2 Å². The molecule has 1 unspecified atom stereocenters. The Balaban J connectivity index is 1.41. The highest BCUT2D eigenvalue weighted by molar-refractivity contribution is 7.91. The van der Waals surface area contributed by atoms with E-state index in [4.69, 9.17) is 0 Å². The second-order valence-electron chi connectivity index (χ2n) is 7.35. The molecule has 4 rings (SSSR count). The maximum Gasteiger partial charge on any atom is 0.325 e. The van der Waals surface area contributed by atoms with Gasteiger partial charge in [-0.05, 0) is 30.0 Å². The molecular weight excluding hydrogens is 429 g/mol. The fourth-order valence-electron chi connectivity index (χ4n) is 3.87. The van der Waals surface area contributed by atoms with E-state index in [9.17, 15) is 22.4 Å². The van der Waals surface area contributed by atoms with Gasteiger partial charge in [-0.25, -0.2) is 17.6 Å². The second-order valence-corrected chi connectivity index (χ2v) is 10.6. The molecular formula is C20H22FN3O4S2. The normalized spacial score (nSPS) is 21.7. The van der Waals surface area contributed by atoms with Crippen molar-refractivity contribution in [1.82, 2.24) is 9.80 Å². The molecule has 3 heterocycles. The Bertz CT molecular complexity index is 1040. The first-order valence-electron chi connectivity index (χ1n) is 9.70. The molecule has 3 amide bonds. The number of amides is 3. The molecule has 2 saturated heterocycles. The molecule has 0 spiro atoms. The molecule has 10 heteroatoms. The van der Waals surface area contributed by atoms with Gasteiger partial charge in [0.15, 0.2) is 9.84 Å². The number of hydrogen-bond donors (Lipinski definition) is 0. The van der Waals surface area contributed by atoms with Gasteiger partial charge < -0.3 is 9.80 Å². The van der Waals surface area contributed by atoms with Gasteiger partial charge in [0.2, 0.25) is 5.91 Å². The van der Waals surface area contributed by atoms with Crippen molar-refractivity contribution in [2.45, 2.75) is 11.7 Å². The number of para-hydroxylation sites is 1. The third-order valence-corrected chi connectivity index (χ3v) is 8.76. The van der Waals surface area contributed by atoms with E-state index in [1.807, 2.05) is 17.5 Å². The van der Waals surface area contributed by atoms with Gasteiger partial charge in [0.25, 0.3) is 0 Å². The van der Waals surface area contributed by atoms with Crippen LogP contribution in [0.1, 0.15) is 16.5 Å². The smallest absolute Gasteiger partial charge is 0.325 e. The molecule has 7 nitrogen and oxygen atoms in total. The third-order valence-electron chi connectivity index (χ3n) is 5.52. The van der Waals surface area contributed by atoms with Crippen molar-refractivity contribution in [3.8, 4) is 0 Å². The molecule has 1 aromatic carbocycles. The zero-order valence-corrected chi connectivity index (χ0v) is 17.9. The van der Waals surface area contributed by atoms with E-state index < -0.39 is 26.9 Å². The number of nitrogens with zero attached hydrogens (tertiary/aromatic N) is 3. The Morgan fingerprint density at radius 3 is 2.63 bits per heavy atom. The summed E-state index contributed by atoms with van der Waals surface area (Å²) in [5.74, 6) is -0.881. The maximum atomic E-state index is 14.0. The average molecular weight is 452 g/mol. The standard InChI is InChI=1S/C20H22FN3O4S2/c21-15-4-1-2-5-16(15)24-10-9-23(20(24)26)14-19(25)22-8-7-18(17-6-3-12-29-17)30(27,28)13-11-22/h1-6,12,18H,7-11,13-14H2. The first-order chi connectivity index (χ1) is 14.4. The lowest BCUT2D eigenvalue weighted by molar-refractivity contribution is -0.131. The van der Waals surface area contributed by atoms with Crippen LogP contribution in [0, 0.1) is 5.82 Å². The molecule has 2 aromatic rings. The molecule has 1 atom stereocenters. The molecule has 0 saturated carbocycles. The minimum Gasteiger partial charge on any atom is -0.340 e. The van der Waals surface area contributed by atoms with E-state index in [2.05, 4.69) is 0 Å². The summed E-state index contributed by atoms with van der Waals surface area (Å²) in [6.07, 6.45) is 0.337. The summed E-state index contributed by atoms with van der Waals surface area (Å²) in [5.41, 5.74) is 0.192. The SMILES string of the molecule is O=C(CN1CCN(c2ccccc2F)C1=O)N1CCC(c2cccs2)S(=O)(=O)CC1. The van der Waals surface area contributed by atoms with E-state index in [0.717, 1.165) is 4.88 Å². The van der Waals surface area contributed by atoms with E-state index in [1.54, 1.807) is 12.1 Å². The predicted molar refractivity (Wildman–Crippen MR) is 113 cm³/mol. The fourth-order valence-corrected chi connectivity index (χ4v) is 6.88. The zero-order chi connectivity index (χ0) is 21.3. The molecule has 0 radical (unpaired) electrons. The highest BCUT2D eigenvalue weighted by atomic mass is 32.2. The molecule has 2 aliphatic heterocycles. The molecule has 30 heavy (non-hydrogen) atoms. The summed E-state index contributed by atoms with van der Waals surface area (Å²) in [6, 6.07) is 9.24. The number of halogens is 1. The van der Waals surface area contributed by atoms with Crippen LogP contribution in [0.2, 0.25) is 0 Å². The molecule has 0 bridgehead atoms. The first-order valence-corrected chi connectivity index (χ1v) is 12.3. The van der Waals surface area contributed by atoms with E-state index in [0.29, 0.717) is 26.1 Å². The van der Waals surface area contributed by atoms with Crippen LogP contribution in [0.3, 0.4) is 0 Å². The number of rotatable bonds is 4. The monoisotopic (exact) mass is 451 g/mol. The van der Waals surface area contributed by atoms with Crippen LogP contribution in [-0.4, -0.2) is 68.6 Å². The van der Waals surface area contributed by atoms with Crippen molar-refractivity contribution in [2.75, 3.05) is 43.4 Å². The average Bonchev–Trinajstić information content (AvgIpc) is 3.32. The van der Waals surface area contributed by atoms with E-state index in [-0.39, 0.29) is 30.4 Å². The lowest BCUT2D eigenvalue weighted by Crippen LogP contribution is -2.43. The number of anilines is 1.